The summed E-state index contributed by atoms with van der Waals surface area (Å²) < 4.78 is 13.6. The van der Waals surface area contributed by atoms with E-state index >= 15 is 0 Å². The van der Waals surface area contributed by atoms with Gasteiger partial charge in [0.05, 0.1) is 0 Å². The lowest BCUT2D eigenvalue weighted by molar-refractivity contribution is 0.266. The highest BCUT2D eigenvalue weighted by atomic mass is 19.1. The Morgan fingerprint density at radius 1 is 1.38 bits per heavy atom. The van der Waals surface area contributed by atoms with E-state index in [1.165, 1.54) is 11.1 Å². The van der Waals surface area contributed by atoms with Gasteiger partial charge in [0.25, 0.3) is 0 Å². The van der Waals surface area contributed by atoms with Gasteiger partial charge in [0.2, 0.25) is 0 Å². The molecule has 1 atom stereocenters. The van der Waals surface area contributed by atoms with Crippen LogP contribution in [-0.4, -0.2) is 18.0 Å². The van der Waals surface area contributed by atoms with Gasteiger partial charge in [0.15, 0.2) is 5.95 Å². The first-order chi connectivity index (χ1) is 6.00. The second kappa shape index (κ2) is 3.52. The summed E-state index contributed by atoms with van der Waals surface area (Å²) in [5, 5.41) is 0. The highest BCUT2D eigenvalue weighted by Crippen LogP contribution is 2.32. The van der Waals surface area contributed by atoms with E-state index in [-0.39, 0.29) is 12.0 Å². The SMILES string of the molecule is CCC1=C(C)C(C)N(C)C(F)=C1C. The van der Waals surface area contributed by atoms with E-state index in [1.807, 2.05) is 13.8 Å². The quantitative estimate of drug-likeness (QED) is 0.564. The van der Waals surface area contributed by atoms with Crippen LogP contribution in [-0.2, 0) is 0 Å². The Kier molecular flexibility index (Phi) is 2.79. The van der Waals surface area contributed by atoms with Gasteiger partial charge in [-0.2, -0.15) is 4.39 Å². The van der Waals surface area contributed by atoms with Crippen LogP contribution >= 0.6 is 0 Å². The summed E-state index contributed by atoms with van der Waals surface area (Å²) in [5.41, 5.74) is 3.28. The fraction of sp³-hybridized carbons (Fsp3) is 0.636. The van der Waals surface area contributed by atoms with Crippen molar-refractivity contribution < 1.29 is 4.39 Å². The molecule has 0 aromatic rings. The molecule has 0 saturated carbocycles. The van der Waals surface area contributed by atoms with Crippen LogP contribution < -0.4 is 0 Å². The Balaban J connectivity index is 3.19. The average molecular weight is 183 g/mol. The normalized spacial score (nSPS) is 24.5. The first-order valence-corrected chi connectivity index (χ1v) is 4.79. The maximum absolute atomic E-state index is 13.6. The molecule has 0 aromatic carbocycles. The molecule has 74 valence electrons. The molecule has 1 nitrogen and oxygen atoms in total. The van der Waals surface area contributed by atoms with E-state index in [0.29, 0.717) is 0 Å². The molecule has 1 aliphatic rings. The minimum Gasteiger partial charge on any atom is -0.345 e. The van der Waals surface area contributed by atoms with E-state index in [4.69, 9.17) is 0 Å². The van der Waals surface area contributed by atoms with E-state index in [2.05, 4.69) is 13.8 Å². The molecule has 0 aliphatic carbocycles. The molecule has 1 heterocycles. The van der Waals surface area contributed by atoms with Crippen molar-refractivity contribution >= 4 is 0 Å². The average Bonchev–Trinajstić information content (AvgIpc) is 2.13. The van der Waals surface area contributed by atoms with E-state index < -0.39 is 0 Å². The molecule has 1 unspecified atom stereocenters. The largest absolute Gasteiger partial charge is 0.345 e. The third-order valence-corrected chi connectivity index (χ3v) is 3.11. The molecular formula is C11H18FN. The van der Waals surface area contributed by atoms with Crippen LogP contribution in [0.5, 0.6) is 0 Å². The molecule has 0 fully saturated rings. The van der Waals surface area contributed by atoms with Gasteiger partial charge >= 0.3 is 0 Å². The highest BCUT2D eigenvalue weighted by Gasteiger charge is 2.24. The Hall–Kier alpha value is -0.790. The molecule has 0 saturated heterocycles. The second-order valence-electron chi connectivity index (χ2n) is 3.72. The van der Waals surface area contributed by atoms with Crippen molar-refractivity contribution in [2.75, 3.05) is 7.05 Å². The van der Waals surface area contributed by atoms with E-state index in [9.17, 15) is 4.39 Å². The molecule has 0 amide bonds. The van der Waals surface area contributed by atoms with E-state index in [1.54, 1.807) is 11.9 Å². The number of hydrogen-bond donors (Lipinski definition) is 0. The molecule has 0 N–H and O–H groups in total. The van der Waals surface area contributed by atoms with Crippen molar-refractivity contribution in [1.82, 2.24) is 4.90 Å². The van der Waals surface area contributed by atoms with Crippen molar-refractivity contribution in [3.8, 4) is 0 Å². The molecule has 1 rings (SSSR count). The van der Waals surface area contributed by atoms with Crippen molar-refractivity contribution in [2.45, 2.75) is 40.2 Å². The van der Waals surface area contributed by atoms with E-state index in [0.717, 1.165) is 12.0 Å². The maximum Gasteiger partial charge on any atom is 0.193 e. The summed E-state index contributed by atoms with van der Waals surface area (Å²) in [7, 11) is 1.80. The summed E-state index contributed by atoms with van der Waals surface area (Å²) >= 11 is 0. The monoisotopic (exact) mass is 183 g/mol. The van der Waals surface area contributed by atoms with Crippen LogP contribution in [0.25, 0.3) is 0 Å². The van der Waals surface area contributed by atoms with Crippen molar-refractivity contribution in [1.29, 1.82) is 0 Å². The standard InChI is InChI=1S/C11H18FN/c1-6-10-7(2)9(4)13(5)11(12)8(10)3/h9H,6H2,1-5H3. The Morgan fingerprint density at radius 3 is 2.38 bits per heavy atom. The van der Waals surface area contributed by atoms with Gasteiger partial charge in [-0.3, -0.25) is 0 Å². The number of rotatable bonds is 1. The van der Waals surface area contributed by atoms with Gasteiger partial charge in [0.1, 0.15) is 0 Å². The second-order valence-corrected chi connectivity index (χ2v) is 3.72. The third-order valence-electron chi connectivity index (χ3n) is 3.11. The molecule has 0 spiro atoms. The van der Waals surface area contributed by atoms with Gasteiger partial charge < -0.3 is 4.90 Å². The van der Waals surface area contributed by atoms with Crippen LogP contribution in [0, 0.1) is 0 Å². The number of likely N-dealkylation sites (N-methyl/N-ethyl adjacent to an activating group) is 1. The minimum absolute atomic E-state index is 0.0741. The van der Waals surface area contributed by atoms with Crippen molar-refractivity contribution in [2.24, 2.45) is 0 Å². The van der Waals surface area contributed by atoms with Crippen molar-refractivity contribution in [3.05, 3.63) is 22.7 Å². The van der Waals surface area contributed by atoms with Gasteiger partial charge in [-0.1, -0.05) is 6.92 Å². The molecule has 1 aliphatic heterocycles. The lowest BCUT2D eigenvalue weighted by atomic mass is 9.92. The van der Waals surface area contributed by atoms with Gasteiger partial charge in [-0.15, -0.1) is 0 Å². The number of halogens is 1. The lowest BCUT2D eigenvalue weighted by Gasteiger charge is -2.33. The fourth-order valence-electron chi connectivity index (χ4n) is 1.94. The van der Waals surface area contributed by atoms with Gasteiger partial charge in [-0.25, -0.2) is 0 Å². The zero-order valence-corrected chi connectivity index (χ0v) is 9.11. The molecule has 0 bridgehead atoms. The molecule has 0 radical (unpaired) electrons. The number of hydrogen-bond acceptors (Lipinski definition) is 1. The third kappa shape index (κ3) is 1.50. The minimum atomic E-state index is -0.0741. The van der Waals surface area contributed by atoms with Gasteiger partial charge in [-0.05, 0) is 38.3 Å². The Bertz CT molecular complexity index is 276. The van der Waals surface area contributed by atoms with Crippen LogP contribution in [0.2, 0.25) is 0 Å². The fourth-order valence-corrected chi connectivity index (χ4v) is 1.94. The maximum atomic E-state index is 13.6. The zero-order valence-electron chi connectivity index (χ0n) is 9.11. The predicted molar refractivity (Wildman–Crippen MR) is 54.0 cm³/mol. The lowest BCUT2D eigenvalue weighted by Crippen LogP contribution is -2.32. The molecule has 2 heteroatoms. The summed E-state index contributed by atoms with van der Waals surface area (Å²) in [6.07, 6.45) is 0.920. The first-order valence-electron chi connectivity index (χ1n) is 4.79. The van der Waals surface area contributed by atoms with Crippen LogP contribution in [0.3, 0.4) is 0 Å². The molecule has 0 aromatic heterocycles. The molecular weight excluding hydrogens is 165 g/mol. The predicted octanol–water partition coefficient (Wildman–Crippen LogP) is 3.25. The highest BCUT2D eigenvalue weighted by molar-refractivity contribution is 5.40. The topological polar surface area (TPSA) is 3.24 Å². The van der Waals surface area contributed by atoms with Crippen molar-refractivity contribution in [3.63, 3.8) is 0 Å². The van der Waals surface area contributed by atoms with Crippen LogP contribution in [0.4, 0.5) is 4.39 Å². The number of allylic oxidation sites excluding steroid dienone is 2. The Morgan fingerprint density at radius 2 is 1.92 bits per heavy atom. The van der Waals surface area contributed by atoms with Crippen LogP contribution in [0.15, 0.2) is 22.7 Å². The van der Waals surface area contributed by atoms with Crippen LogP contribution in [0.1, 0.15) is 34.1 Å². The Labute approximate surface area is 79.9 Å². The smallest absolute Gasteiger partial charge is 0.193 e. The number of nitrogens with zero attached hydrogens (tertiary/aromatic N) is 1. The summed E-state index contributed by atoms with van der Waals surface area (Å²) in [5.74, 6) is -0.0741. The zero-order chi connectivity index (χ0) is 10.2. The summed E-state index contributed by atoms with van der Waals surface area (Å²) in [4.78, 5) is 1.70. The first kappa shape index (κ1) is 10.3. The summed E-state index contributed by atoms with van der Waals surface area (Å²) in [6, 6.07) is 0.193. The molecule has 13 heavy (non-hydrogen) atoms. The van der Waals surface area contributed by atoms with Gasteiger partial charge in [0, 0.05) is 18.7 Å². The summed E-state index contributed by atoms with van der Waals surface area (Å²) in [6.45, 7) is 8.07.